The highest BCUT2D eigenvalue weighted by Crippen LogP contribution is 2.39. The molecule has 3 rings (SSSR count). The average molecular weight is 497 g/mol. The van der Waals surface area contributed by atoms with Crippen LogP contribution in [-0.4, -0.2) is 45.0 Å². The van der Waals surface area contributed by atoms with Crippen molar-refractivity contribution in [2.45, 2.75) is 20.8 Å². The maximum absolute atomic E-state index is 12.8. The van der Waals surface area contributed by atoms with Crippen LogP contribution >= 0.6 is 0 Å². The highest BCUT2D eigenvalue weighted by atomic mass is 16.6. The lowest BCUT2D eigenvalue weighted by atomic mass is 10.1. The molecule has 0 atom stereocenters. The molecule has 0 aliphatic carbocycles. The third-order valence-corrected chi connectivity index (χ3v) is 4.66. The number of hydrazone groups is 1. The Balaban J connectivity index is 1.73. The molecule has 1 amide bonds. The fourth-order valence-electron chi connectivity index (χ4n) is 3.14. The lowest BCUT2D eigenvalue weighted by Gasteiger charge is -2.16. The van der Waals surface area contributed by atoms with Gasteiger partial charge in [0.05, 0.1) is 39.4 Å². The second-order valence-electron chi connectivity index (χ2n) is 7.08. The molecule has 10 heteroatoms. The molecule has 2 aromatic carbocycles. The number of furan rings is 1. The van der Waals surface area contributed by atoms with E-state index in [1.165, 1.54) is 25.7 Å². The number of hydrogen-bond acceptors (Lipinski definition) is 9. The summed E-state index contributed by atoms with van der Waals surface area (Å²) in [7, 11) is 1.44. The summed E-state index contributed by atoms with van der Waals surface area (Å²) in [5, 5.41) is 4.02. The van der Waals surface area contributed by atoms with Gasteiger partial charge in [0.2, 0.25) is 11.5 Å². The van der Waals surface area contributed by atoms with Gasteiger partial charge in [0, 0.05) is 5.56 Å². The molecule has 190 valence electrons. The molecule has 0 saturated heterocycles. The molecule has 0 fully saturated rings. The second kappa shape index (κ2) is 12.8. The minimum absolute atomic E-state index is 0.0692. The lowest BCUT2D eigenvalue weighted by molar-refractivity contribution is 0.0696. The number of benzene rings is 2. The first-order chi connectivity index (χ1) is 17.5. The number of carbonyl (C=O) groups excluding carboxylic acids is 2. The van der Waals surface area contributed by atoms with Crippen molar-refractivity contribution < 1.29 is 37.7 Å². The van der Waals surface area contributed by atoms with Gasteiger partial charge >= 0.3 is 5.97 Å². The van der Waals surface area contributed by atoms with E-state index in [9.17, 15) is 9.59 Å². The Morgan fingerprint density at radius 1 is 0.917 bits per heavy atom. The molecule has 0 saturated carbocycles. The van der Waals surface area contributed by atoms with Gasteiger partial charge in [-0.3, -0.25) is 4.79 Å². The molecule has 0 aliphatic rings. The molecular formula is C26H28N2O8. The largest absolute Gasteiger partial charge is 0.493 e. The Kier molecular flexibility index (Phi) is 9.33. The highest BCUT2D eigenvalue weighted by Gasteiger charge is 2.18. The lowest BCUT2D eigenvalue weighted by Crippen LogP contribution is -2.18. The normalized spacial score (nSPS) is 10.7. The third-order valence-electron chi connectivity index (χ3n) is 4.66. The van der Waals surface area contributed by atoms with Crippen molar-refractivity contribution in [2.75, 3.05) is 26.9 Å². The summed E-state index contributed by atoms with van der Waals surface area (Å²) in [6, 6.07) is 11.1. The fourth-order valence-corrected chi connectivity index (χ4v) is 3.14. The number of esters is 1. The monoisotopic (exact) mass is 496 g/mol. The number of methoxy groups -OCH3 is 1. The van der Waals surface area contributed by atoms with Crippen molar-refractivity contribution in [1.29, 1.82) is 0 Å². The van der Waals surface area contributed by atoms with E-state index in [-0.39, 0.29) is 11.5 Å². The van der Waals surface area contributed by atoms with Gasteiger partial charge in [-0.1, -0.05) is 0 Å². The van der Waals surface area contributed by atoms with Crippen LogP contribution in [0.4, 0.5) is 0 Å². The van der Waals surface area contributed by atoms with Crippen molar-refractivity contribution in [3.05, 3.63) is 65.6 Å². The number of amides is 1. The van der Waals surface area contributed by atoms with Gasteiger partial charge < -0.3 is 28.1 Å². The topological polar surface area (TPSA) is 118 Å². The fraction of sp³-hybridized carbons (Fsp3) is 0.269. The Morgan fingerprint density at radius 3 is 2.19 bits per heavy atom. The van der Waals surface area contributed by atoms with Crippen LogP contribution in [-0.2, 0) is 0 Å². The zero-order valence-corrected chi connectivity index (χ0v) is 20.5. The van der Waals surface area contributed by atoms with E-state index in [2.05, 4.69) is 10.5 Å². The molecule has 10 nitrogen and oxygen atoms in total. The predicted octanol–water partition coefficient (Wildman–Crippen LogP) is 4.47. The number of nitrogens with one attached hydrogen (secondary N) is 1. The molecule has 36 heavy (non-hydrogen) atoms. The van der Waals surface area contributed by atoms with Crippen molar-refractivity contribution in [3.63, 3.8) is 0 Å². The standard InChI is InChI=1S/C26H28N2O8/c1-5-32-22-14-18(15-23(33-6-2)24(22)34-7-3)25(29)28-27-16-17-10-11-19(21(13-17)31-4)36-26(30)20-9-8-12-35-20/h8-16H,5-7H2,1-4H3,(H,28,29). The van der Waals surface area contributed by atoms with E-state index in [0.717, 1.165) is 0 Å². The van der Waals surface area contributed by atoms with E-state index in [1.807, 2.05) is 20.8 Å². The highest BCUT2D eigenvalue weighted by molar-refractivity contribution is 5.96. The van der Waals surface area contributed by atoms with Gasteiger partial charge in [-0.15, -0.1) is 0 Å². The van der Waals surface area contributed by atoms with Gasteiger partial charge in [0.1, 0.15) is 0 Å². The molecule has 1 N–H and O–H groups in total. The van der Waals surface area contributed by atoms with Gasteiger partial charge in [0.15, 0.2) is 23.0 Å². The van der Waals surface area contributed by atoms with Gasteiger partial charge in [-0.25, -0.2) is 10.2 Å². The minimum atomic E-state index is -0.653. The van der Waals surface area contributed by atoms with Crippen molar-refractivity contribution in [2.24, 2.45) is 5.10 Å². The second-order valence-corrected chi connectivity index (χ2v) is 7.08. The SMILES string of the molecule is CCOc1cc(C(=O)NN=Cc2ccc(OC(=O)c3ccco3)c(OC)c2)cc(OCC)c1OCC. The van der Waals surface area contributed by atoms with Gasteiger partial charge in [0.25, 0.3) is 5.91 Å². The van der Waals surface area contributed by atoms with Crippen molar-refractivity contribution in [3.8, 4) is 28.7 Å². The molecule has 3 aromatic rings. The van der Waals surface area contributed by atoms with Crippen LogP contribution in [0.5, 0.6) is 28.7 Å². The Bertz CT molecular complexity index is 1180. The number of hydrogen-bond donors (Lipinski definition) is 1. The van der Waals surface area contributed by atoms with Crippen LogP contribution in [0.15, 0.2) is 58.2 Å². The molecule has 0 aliphatic heterocycles. The molecule has 0 unspecified atom stereocenters. The van der Waals surface area contributed by atoms with Gasteiger partial charge in [-0.2, -0.15) is 5.10 Å². The summed E-state index contributed by atoms with van der Waals surface area (Å²) in [6.45, 7) is 6.73. The van der Waals surface area contributed by atoms with Crippen molar-refractivity contribution in [1.82, 2.24) is 5.43 Å². The van der Waals surface area contributed by atoms with E-state index in [1.54, 1.807) is 36.4 Å². The predicted molar refractivity (Wildman–Crippen MR) is 132 cm³/mol. The van der Waals surface area contributed by atoms with Crippen LogP contribution in [0.3, 0.4) is 0 Å². The summed E-state index contributed by atoms with van der Waals surface area (Å²) in [4.78, 5) is 24.9. The quantitative estimate of drug-likeness (QED) is 0.169. The maximum atomic E-state index is 12.8. The van der Waals surface area contributed by atoms with Crippen molar-refractivity contribution >= 4 is 18.1 Å². The average Bonchev–Trinajstić information content (AvgIpc) is 3.42. The smallest absolute Gasteiger partial charge is 0.379 e. The van der Waals surface area contributed by atoms with E-state index in [0.29, 0.717) is 53.9 Å². The molecule has 1 aromatic heterocycles. The van der Waals surface area contributed by atoms with Crippen LogP contribution in [0.25, 0.3) is 0 Å². The first-order valence-electron chi connectivity index (χ1n) is 11.3. The van der Waals surface area contributed by atoms with Crippen LogP contribution < -0.4 is 29.1 Å². The molecule has 0 bridgehead atoms. The zero-order valence-electron chi connectivity index (χ0n) is 20.5. The molecule has 0 spiro atoms. The summed E-state index contributed by atoms with van der Waals surface area (Å²) in [6.07, 6.45) is 2.81. The number of nitrogens with zero attached hydrogens (tertiary/aromatic N) is 1. The van der Waals surface area contributed by atoms with E-state index in [4.69, 9.17) is 28.1 Å². The zero-order chi connectivity index (χ0) is 25.9. The van der Waals surface area contributed by atoms with Crippen LogP contribution in [0.2, 0.25) is 0 Å². The van der Waals surface area contributed by atoms with E-state index < -0.39 is 11.9 Å². The summed E-state index contributed by atoms with van der Waals surface area (Å²) in [5.41, 5.74) is 3.37. The molecule has 1 heterocycles. The Labute approximate surface area is 208 Å². The van der Waals surface area contributed by atoms with Crippen LogP contribution in [0, 0.1) is 0 Å². The van der Waals surface area contributed by atoms with E-state index >= 15 is 0 Å². The third kappa shape index (κ3) is 6.56. The molecular weight excluding hydrogens is 468 g/mol. The first-order valence-corrected chi connectivity index (χ1v) is 11.3. The minimum Gasteiger partial charge on any atom is -0.493 e. The van der Waals surface area contributed by atoms with Crippen LogP contribution in [0.1, 0.15) is 47.2 Å². The maximum Gasteiger partial charge on any atom is 0.379 e. The van der Waals surface area contributed by atoms with Gasteiger partial charge in [-0.05, 0) is 68.8 Å². The summed E-state index contributed by atoms with van der Waals surface area (Å²) < 4.78 is 32.6. The number of ether oxygens (including phenoxy) is 5. The summed E-state index contributed by atoms with van der Waals surface area (Å²) >= 11 is 0. The first kappa shape index (κ1) is 26.1. The Hall–Kier alpha value is -4.47. The summed E-state index contributed by atoms with van der Waals surface area (Å²) in [5.74, 6) is 0.724. The number of carbonyl (C=O) groups is 2. The molecule has 0 radical (unpaired) electrons. The number of rotatable bonds is 12. The Morgan fingerprint density at radius 2 is 1.61 bits per heavy atom.